The number of ether oxygens (including phenoxy) is 2. The third-order valence-electron chi connectivity index (χ3n) is 3.98. The van der Waals surface area contributed by atoms with Gasteiger partial charge in [0.1, 0.15) is 29.6 Å². The maximum atomic E-state index is 11.4. The summed E-state index contributed by atoms with van der Waals surface area (Å²) in [6, 6.07) is 6.29. The van der Waals surface area contributed by atoms with E-state index in [-0.39, 0.29) is 0 Å². The minimum atomic E-state index is -1.40. The molecule has 0 aliphatic carbocycles. The highest BCUT2D eigenvalue weighted by Crippen LogP contribution is 2.27. The molecule has 1 fully saturated rings. The van der Waals surface area contributed by atoms with Gasteiger partial charge >= 0.3 is 5.63 Å². The minimum Gasteiger partial charge on any atom is -0.462 e. The fraction of sp³-hybridized carbons (Fsp3) is 0.438. The van der Waals surface area contributed by atoms with Crippen LogP contribution >= 0.6 is 0 Å². The van der Waals surface area contributed by atoms with Crippen molar-refractivity contribution in [3.63, 3.8) is 0 Å². The first-order chi connectivity index (χ1) is 10.9. The van der Waals surface area contributed by atoms with Crippen LogP contribution < -0.4 is 10.4 Å². The van der Waals surface area contributed by atoms with Gasteiger partial charge in [0.05, 0.1) is 6.10 Å². The molecule has 1 aromatic heterocycles. The zero-order chi connectivity index (χ0) is 16.7. The van der Waals surface area contributed by atoms with E-state index in [1.165, 1.54) is 12.1 Å². The van der Waals surface area contributed by atoms with Crippen LogP contribution in [-0.4, -0.2) is 46.0 Å². The van der Waals surface area contributed by atoms with Crippen LogP contribution in [0.4, 0.5) is 0 Å². The number of benzene rings is 1. The molecule has 2 heterocycles. The quantitative estimate of drug-likeness (QED) is 0.683. The van der Waals surface area contributed by atoms with Gasteiger partial charge < -0.3 is 29.2 Å². The molecule has 2 unspecified atom stereocenters. The standard InChI is InChI=1S/C16H18O7/c1-7-5-12(17)23-11-6-9(3-4-10(7)11)22-16-15(20)14(19)13(18)8(2)21-16/h3-6,8,13-16,18-20H,1-2H3/t8?,13-,14+,15?,16-/m1/s1. The number of hydrogen-bond donors (Lipinski definition) is 3. The lowest BCUT2D eigenvalue weighted by Crippen LogP contribution is -2.58. The Balaban J connectivity index is 1.88. The van der Waals surface area contributed by atoms with E-state index in [2.05, 4.69) is 0 Å². The van der Waals surface area contributed by atoms with Crippen molar-refractivity contribution in [3.8, 4) is 5.75 Å². The average molecular weight is 322 g/mol. The van der Waals surface area contributed by atoms with Crippen molar-refractivity contribution >= 4 is 11.0 Å². The van der Waals surface area contributed by atoms with E-state index in [1.54, 1.807) is 26.0 Å². The average Bonchev–Trinajstić information content (AvgIpc) is 2.50. The Morgan fingerprint density at radius 3 is 2.57 bits per heavy atom. The summed E-state index contributed by atoms with van der Waals surface area (Å²) in [4.78, 5) is 11.4. The van der Waals surface area contributed by atoms with Gasteiger partial charge in [0.25, 0.3) is 0 Å². The molecule has 0 bridgehead atoms. The van der Waals surface area contributed by atoms with Gasteiger partial charge in [-0.3, -0.25) is 0 Å². The van der Waals surface area contributed by atoms with E-state index < -0.39 is 36.3 Å². The smallest absolute Gasteiger partial charge is 0.336 e. The Hall–Kier alpha value is -1.93. The maximum absolute atomic E-state index is 11.4. The largest absolute Gasteiger partial charge is 0.462 e. The number of aliphatic hydroxyl groups excluding tert-OH is 3. The third-order valence-corrected chi connectivity index (χ3v) is 3.98. The van der Waals surface area contributed by atoms with Crippen molar-refractivity contribution in [2.75, 3.05) is 0 Å². The molecule has 7 nitrogen and oxygen atoms in total. The van der Waals surface area contributed by atoms with Gasteiger partial charge in [-0.15, -0.1) is 0 Å². The van der Waals surface area contributed by atoms with Gasteiger partial charge in [0, 0.05) is 17.5 Å². The Kier molecular flexibility index (Phi) is 4.11. The molecule has 3 rings (SSSR count). The van der Waals surface area contributed by atoms with Crippen LogP contribution in [0.15, 0.2) is 33.5 Å². The first kappa shape index (κ1) is 15.9. The molecule has 3 N–H and O–H groups in total. The molecule has 0 saturated carbocycles. The van der Waals surface area contributed by atoms with Crippen LogP contribution in [0.2, 0.25) is 0 Å². The number of fused-ring (bicyclic) bond motifs is 1. The van der Waals surface area contributed by atoms with Crippen LogP contribution in [0, 0.1) is 6.92 Å². The lowest BCUT2D eigenvalue weighted by Gasteiger charge is -2.38. The number of aryl methyl sites for hydroxylation is 1. The summed E-state index contributed by atoms with van der Waals surface area (Å²) in [5.74, 6) is 0.311. The van der Waals surface area contributed by atoms with Gasteiger partial charge in [0.2, 0.25) is 6.29 Å². The normalized spacial score (nSPS) is 31.3. The summed E-state index contributed by atoms with van der Waals surface area (Å²) in [5.41, 5.74) is 0.670. The predicted molar refractivity (Wildman–Crippen MR) is 80.2 cm³/mol. The summed E-state index contributed by atoms with van der Waals surface area (Å²) in [6.07, 6.45) is -5.80. The monoisotopic (exact) mass is 322 g/mol. The van der Waals surface area contributed by atoms with Crippen molar-refractivity contribution < 1.29 is 29.2 Å². The fourth-order valence-corrected chi connectivity index (χ4v) is 2.62. The van der Waals surface area contributed by atoms with Gasteiger partial charge in [0.15, 0.2) is 0 Å². The first-order valence-electron chi connectivity index (χ1n) is 7.27. The summed E-state index contributed by atoms with van der Waals surface area (Å²) in [7, 11) is 0. The molecule has 124 valence electrons. The highest BCUT2D eigenvalue weighted by Gasteiger charge is 2.43. The van der Waals surface area contributed by atoms with Gasteiger partial charge in [-0.25, -0.2) is 4.79 Å². The van der Waals surface area contributed by atoms with Crippen LogP contribution in [0.25, 0.3) is 11.0 Å². The van der Waals surface area contributed by atoms with Crippen molar-refractivity contribution in [2.24, 2.45) is 0 Å². The fourth-order valence-electron chi connectivity index (χ4n) is 2.62. The van der Waals surface area contributed by atoms with E-state index >= 15 is 0 Å². The van der Waals surface area contributed by atoms with Crippen molar-refractivity contribution in [1.29, 1.82) is 0 Å². The molecule has 0 spiro atoms. The van der Waals surface area contributed by atoms with Crippen molar-refractivity contribution in [1.82, 2.24) is 0 Å². The van der Waals surface area contributed by atoms with Crippen LogP contribution in [0.3, 0.4) is 0 Å². The highest BCUT2D eigenvalue weighted by atomic mass is 16.7. The maximum Gasteiger partial charge on any atom is 0.336 e. The lowest BCUT2D eigenvalue weighted by molar-refractivity contribution is -0.268. The molecule has 0 radical (unpaired) electrons. The Morgan fingerprint density at radius 2 is 1.83 bits per heavy atom. The molecular weight excluding hydrogens is 304 g/mol. The number of rotatable bonds is 2. The van der Waals surface area contributed by atoms with E-state index in [1.807, 2.05) is 0 Å². The molecule has 5 atom stereocenters. The topological polar surface area (TPSA) is 109 Å². The number of aliphatic hydroxyl groups is 3. The van der Waals surface area contributed by atoms with E-state index in [0.29, 0.717) is 11.3 Å². The first-order valence-corrected chi connectivity index (χ1v) is 7.27. The molecule has 1 aliphatic rings. The molecule has 7 heteroatoms. The van der Waals surface area contributed by atoms with Gasteiger partial charge in [-0.2, -0.15) is 0 Å². The summed E-state index contributed by atoms with van der Waals surface area (Å²) < 4.78 is 16.0. The molecule has 1 saturated heterocycles. The second kappa shape index (κ2) is 5.93. The van der Waals surface area contributed by atoms with Gasteiger partial charge in [-0.1, -0.05) is 0 Å². The van der Waals surface area contributed by atoms with Gasteiger partial charge in [-0.05, 0) is 31.5 Å². The van der Waals surface area contributed by atoms with E-state index in [9.17, 15) is 20.1 Å². The van der Waals surface area contributed by atoms with E-state index in [0.717, 1.165) is 10.9 Å². The molecule has 2 aromatic rings. The second-order valence-electron chi connectivity index (χ2n) is 5.71. The zero-order valence-corrected chi connectivity index (χ0v) is 12.7. The summed E-state index contributed by atoms with van der Waals surface area (Å²) >= 11 is 0. The highest BCUT2D eigenvalue weighted by molar-refractivity contribution is 5.81. The Labute approximate surface area is 131 Å². The Morgan fingerprint density at radius 1 is 1.09 bits per heavy atom. The number of hydrogen-bond acceptors (Lipinski definition) is 7. The molecule has 1 aromatic carbocycles. The summed E-state index contributed by atoms with van der Waals surface area (Å²) in [5, 5.41) is 30.2. The minimum absolute atomic E-state index is 0.311. The lowest BCUT2D eigenvalue weighted by atomic mass is 10.00. The van der Waals surface area contributed by atoms with Crippen LogP contribution in [0.1, 0.15) is 12.5 Å². The molecule has 0 amide bonds. The second-order valence-corrected chi connectivity index (χ2v) is 5.71. The Bertz CT molecular complexity index is 769. The molecular formula is C16H18O7. The summed E-state index contributed by atoms with van der Waals surface area (Å²) in [6.45, 7) is 3.37. The molecule has 23 heavy (non-hydrogen) atoms. The SMILES string of the molecule is Cc1cc(=O)oc2cc(O[C@H]3OC(C)[C@@H](O)[C@H](O)C3O)ccc12. The molecule has 1 aliphatic heterocycles. The van der Waals surface area contributed by atoms with Crippen molar-refractivity contribution in [3.05, 3.63) is 40.2 Å². The zero-order valence-electron chi connectivity index (χ0n) is 12.7. The van der Waals surface area contributed by atoms with Crippen LogP contribution in [0.5, 0.6) is 5.75 Å². The third kappa shape index (κ3) is 2.96. The van der Waals surface area contributed by atoms with E-state index in [4.69, 9.17) is 13.9 Å². The van der Waals surface area contributed by atoms with Crippen LogP contribution in [-0.2, 0) is 4.74 Å². The van der Waals surface area contributed by atoms with Crippen molar-refractivity contribution in [2.45, 2.75) is 44.6 Å². The predicted octanol–water partition coefficient (Wildman–Crippen LogP) is 0.308.